The molecule has 0 bridgehead atoms. The molecule has 1 aromatic rings. The van der Waals surface area contributed by atoms with Gasteiger partial charge in [0, 0.05) is 4.88 Å². The summed E-state index contributed by atoms with van der Waals surface area (Å²) >= 11 is 1.68. The minimum absolute atomic E-state index is 0.173. The van der Waals surface area contributed by atoms with Crippen LogP contribution in [0.1, 0.15) is 79.9 Å². The molecule has 3 heteroatoms. The second-order valence-electron chi connectivity index (χ2n) is 9.55. The van der Waals surface area contributed by atoms with Gasteiger partial charge in [-0.05, 0) is 71.8 Å². The van der Waals surface area contributed by atoms with E-state index in [0.717, 1.165) is 23.1 Å². The quantitative estimate of drug-likeness (QED) is 0.619. The maximum absolute atomic E-state index is 11.9. The molecule has 2 nitrogen and oxygen atoms in total. The standard InChI is InChI=1S/C21H30O2S/c1-19(2)8-6-9-21(4)16(19)7-10-20(3)13-11-15(18(22)23-5)24-14(13)12-17(20)21/h11,16-17H,6-10,12H2,1-5H3. The summed E-state index contributed by atoms with van der Waals surface area (Å²) < 4.78 is 4.95. The number of rotatable bonds is 1. The number of fused-ring (bicyclic) bond motifs is 5. The molecule has 4 atom stereocenters. The van der Waals surface area contributed by atoms with E-state index in [-0.39, 0.29) is 11.4 Å². The number of carbonyl (C=O) groups is 1. The van der Waals surface area contributed by atoms with Crippen LogP contribution in [-0.4, -0.2) is 13.1 Å². The number of esters is 1. The predicted octanol–water partition coefficient (Wildman–Crippen LogP) is 5.59. The Labute approximate surface area is 150 Å². The average molecular weight is 347 g/mol. The van der Waals surface area contributed by atoms with Gasteiger partial charge in [-0.15, -0.1) is 11.3 Å². The highest BCUT2D eigenvalue weighted by molar-refractivity contribution is 7.14. The number of methoxy groups -OCH3 is 1. The number of hydrogen-bond donors (Lipinski definition) is 0. The summed E-state index contributed by atoms with van der Waals surface area (Å²) in [4.78, 5) is 14.2. The van der Waals surface area contributed by atoms with E-state index >= 15 is 0 Å². The summed E-state index contributed by atoms with van der Waals surface area (Å²) in [7, 11) is 1.48. The first-order valence-electron chi connectivity index (χ1n) is 9.44. The second-order valence-corrected chi connectivity index (χ2v) is 10.7. The number of hydrogen-bond acceptors (Lipinski definition) is 3. The Balaban J connectivity index is 1.74. The minimum Gasteiger partial charge on any atom is -0.465 e. The first-order valence-corrected chi connectivity index (χ1v) is 10.3. The third-order valence-corrected chi connectivity index (χ3v) is 9.13. The fourth-order valence-electron chi connectivity index (χ4n) is 6.88. The first-order chi connectivity index (χ1) is 11.2. The van der Waals surface area contributed by atoms with Crippen LogP contribution in [0, 0.1) is 22.7 Å². The van der Waals surface area contributed by atoms with Crippen molar-refractivity contribution in [2.45, 2.75) is 71.6 Å². The van der Waals surface area contributed by atoms with Crippen LogP contribution < -0.4 is 0 Å². The molecule has 1 heterocycles. The zero-order chi connectivity index (χ0) is 17.3. The van der Waals surface area contributed by atoms with Crippen molar-refractivity contribution in [3.63, 3.8) is 0 Å². The summed E-state index contributed by atoms with van der Waals surface area (Å²) in [6, 6.07) is 2.16. The maximum Gasteiger partial charge on any atom is 0.348 e. The molecule has 4 unspecified atom stereocenters. The molecule has 0 N–H and O–H groups in total. The highest BCUT2D eigenvalue weighted by Crippen LogP contribution is 2.68. The molecule has 132 valence electrons. The lowest BCUT2D eigenvalue weighted by Gasteiger charge is -2.61. The number of thiophene rings is 1. The second kappa shape index (κ2) is 5.09. The van der Waals surface area contributed by atoms with Gasteiger partial charge in [-0.2, -0.15) is 0 Å². The summed E-state index contributed by atoms with van der Waals surface area (Å²) in [6.07, 6.45) is 7.89. The van der Waals surface area contributed by atoms with Crippen molar-refractivity contribution in [1.29, 1.82) is 0 Å². The maximum atomic E-state index is 11.9. The summed E-state index contributed by atoms with van der Waals surface area (Å²) in [5, 5.41) is 0. The molecule has 0 spiro atoms. The van der Waals surface area contributed by atoms with Crippen LogP contribution in [0.3, 0.4) is 0 Å². The van der Waals surface area contributed by atoms with Crippen molar-refractivity contribution < 1.29 is 9.53 Å². The third kappa shape index (κ3) is 2.03. The molecular weight excluding hydrogens is 316 g/mol. The predicted molar refractivity (Wildman–Crippen MR) is 98.7 cm³/mol. The molecule has 2 saturated carbocycles. The molecule has 1 aromatic heterocycles. The fourth-order valence-corrected chi connectivity index (χ4v) is 8.14. The Morgan fingerprint density at radius 2 is 1.92 bits per heavy atom. The van der Waals surface area contributed by atoms with E-state index in [0.29, 0.717) is 10.8 Å². The Kier molecular flexibility index (Phi) is 3.53. The van der Waals surface area contributed by atoms with Crippen LogP contribution in [0.15, 0.2) is 6.07 Å². The van der Waals surface area contributed by atoms with E-state index in [1.807, 2.05) is 0 Å². The monoisotopic (exact) mass is 346 g/mol. The average Bonchev–Trinajstić information content (AvgIpc) is 3.04. The summed E-state index contributed by atoms with van der Waals surface area (Å²) in [5.41, 5.74) is 2.62. The Morgan fingerprint density at radius 1 is 1.17 bits per heavy atom. The van der Waals surface area contributed by atoms with Crippen LogP contribution in [0.25, 0.3) is 0 Å². The van der Waals surface area contributed by atoms with Gasteiger partial charge in [0.05, 0.1) is 7.11 Å². The molecule has 0 radical (unpaired) electrons. The van der Waals surface area contributed by atoms with E-state index in [1.165, 1.54) is 49.7 Å². The van der Waals surface area contributed by atoms with E-state index in [4.69, 9.17) is 4.74 Å². The van der Waals surface area contributed by atoms with Crippen molar-refractivity contribution in [3.8, 4) is 0 Å². The minimum atomic E-state index is -0.173. The SMILES string of the molecule is COC(=O)c1cc2c(s1)CC1C2(C)CCC2C(C)(C)CCCC21C. The molecule has 0 amide bonds. The highest BCUT2D eigenvalue weighted by atomic mass is 32.1. The Bertz CT molecular complexity index is 688. The Hall–Kier alpha value is -0.830. The van der Waals surface area contributed by atoms with Crippen LogP contribution in [-0.2, 0) is 16.6 Å². The highest BCUT2D eigenvalue weighted by Gasteiger charge is 2.61. The van der Waals surface area contributed by atoms with Crippen LogP contribution in [0.4, 0.5) is 0 Å². The summed E-state index contributed by atoms with van der Waals surface area (Å²) in [6.45, 7) is 10.1. The van der Waals surface area contributed by atoms with Crippen molar-refractivity contribution in [1.82, 2.24) is 0 Å². The van der Waals surface area contributed by atoms with Gasteiger partial charge in [-0.25, -0.2) is 4.79 Å². The van der Waals surface area contributed by atoms with Gasteiger partial charge in [-0.3, -0.25) is 0 Å². The molecular formula is C21H30O2S. The first kappa shape index (κ1) is 16.6. The van der Waals surface area contributed by atoms with E-state index in [1.54, 1.807) is 11.3 Å². The topological polar surface area (TPSA) is 26.3 Å². The zero-order valence-corrected chi connectivity index (χ0v) is 16.5. The van der Waals surface area contributed by atoms with Gasteiger partial charge in [0.15, 0.2) is 0 Å². The van der Waals surface area contributed by atoms with Crippen molar-refractivity contribution >= 4 is 17.3 Å². The molecule has 2 fully saturated rings. The molecule has 0 aromatic carbocycles. The van der Waals surface area contributed by atoms with Gasteiger partial charge in [0.2, 0.25) is 0 Å². The van der Waals surface area contributed by atoms with Crippen molar-refractivity contribution in [3.05, 3.63) is 21.4 Å². The van der Waals surface area contributed by atoms with Gasteiger partial charge in [0.1, 0.15) is 4.88 Å². The molecule has 3 aliphatic rings. The largest absolute Gasteiger partial charge is 0.465 e. The van der Waals surface area contributed by atoms with E-state index in [9.17, 15) is 4.79 Å². The van der Waals surface area contributed by atoms with Gasteiger partial charge in [-0.1, -0.05) is 34.1 Å². The normalized spacial score (nSPS) is 39.7. The number of carbonyl (C=O) groups excluding carboxylic acids is 1. The lowest BCUT2D eigenvalue weighted by atomic mass is 9.43. The fraction of sp³-hybridized carbons (Fsp3) is 0.762. The van der Waals surface area contributed by atoms with E-state index < -0.39 is 0 Å². The molecule has 0 aliphatic heterocycles. The van der Waals surface area contributed by atoms with Gasteiger partial charge < -0.3 is 4.74 Å². The smallest absolute Gasteiger partial charge is 0.348 e. The zero-order valence-electron chi connectivity index (χ0n) is 15.7. The molecule has 4 rings (SSSR count). The number of ether oxygens (including phenoxy) is 1. The molecule has 3 aliphatic carbocycles. The van der Waals surface area contributed by atoms with Crippen LogP contribution in [0.2, 0.25) is 0 Å². The van der Waals surface area contributed by atoms with Gasteiger partial charge >= 0.3 is 5.97 Å². The Morgan fingerprint density at radius 3 is 2.62 bits per heavy atom. The summed E-state index contributed by atoms with van der Waals surface area (Å²) in [5.74, 6) is 1.40. The lowest BCUT2D eigenvalue weighted by molar-refractivity contribution is -0.0982. The third-order valence-electron chi connectivity index (χ3n) is 7.99. The van der Waals surface area contributed by atoms with Crippen LogP contribution in [0.5, 0.6) is 0 Å². The van der Waals surface area contributed by atoms with Crippen LogP contribution >= 0.6 is 11.3 Å². The van der Waals surface area contributed by atoms with Crippen molar-refractivity contribution in [2.24, 2.45) is 22.7 Å². The molecule has 0 saturated heterocycles. The van der Waals surface area contributed by atoms with Gasteiger partial charge in [0.25, 0.3) is 0 Å². The molecule has 24 heavy (non-hydrogen) atoms. The van der Waals surface area contributed by atoms with Crippen molar-refractivity contribution in [2.75, 3.05) is 7.11 Å². The lowest BCUT2D eigenvalue weighted by Crippen LogP contribution is -2.55. The van der Waals surface area contributed by atoms with E-state index in [2.05, 4.69) is 33.8 Å².